The van der Waals surface area contributed by atoms with E-state index >= 15 is 0 Å². The summed E-state index contributed by atoms with van der Waals surface area (Å²) in [6.07, 6.45) is 10.3. The van der Waals surface area contributed by atoms with Crippen LogP contribution < -0.4 is 5.73 Å². The van der Waals surface area contributed by atoms with E-state index in [0.717, 1.165) is 18.8 Å². The van der Waals surface area contributed by atoms with Crippen molar-refractivity contribution in [3.05, 3.63) is 0 Å². The molecule has 0 aromatic rings. The maximum Gasteiger partial charge on any atom is 0.462 e. The standard InChI is InChI=1S/C20H40BNO2/c1-15(2)12-13-17(18(22)14-16-10-8-7-9-11-16)21-23-19(3,4)20(5,6)24-21/h15-18H,7-14,22H2,1-6H3. The third-order valence-corrected chi connectivity index (χ3v) is 6.58. The molecule has 2 rings (SSSR count). The van der Waals surface area contributed by atoms with Crippen molar-refractivity contribution in [2.45, 2.75) is 116 Å². The fourth-order valence-electron chi connectivity index (χ4n) is 4.12. The van der Waals surface area contributed by atoms with Crippen LogP contribution in [0.15, 0.2) is 0 Å². The third kappa shape index (κ3) is 4.99. The van der Waals surface area contributed by atoms with Crippen molar-refractivity contribution >= 4 is 7.12 Å². The molecule has 24 heavy (non-hydrogen) atoms. The van der Waals surface area contributed by atoms with Crippen LogP contribution >= 0.6 is 0 Å². The minimum atomic E-state index is -0.266. The average Bonchev–Trinajstić information content (AvgIpc) is 2.68. The Morgan fingerprint density at radius 3 is 2.00 bits per heavy atom. The quantitative estimate of drug-likeness (QED) is 0.651. The predicted molar refractivity (Wildman–Crippen MR) is 103 cm³/mol. The van der Waals surface area contributed by atoms with Crippen LogP contribution in [0.3, 0.4) is 0 Å². The Morgan fingerprint density at radius 1 is 0.958 bits per heavy atom. The average molecular weight is 337 g/mol. The molecule has 1 aliphatic carbocycles. The first-order valence-electron chi connectivity index (χ1n) is 10.2. The van der Waals surface area contributed by atoms with Crippen LogP contribution in [-0.4, -0.2) is 24.4 Å². The summed E-state index contributed by atoms with van der Waals surface area (Å²) in [5, 5.41) is 0. The number of nitrogens with two attached hydrogens (primary N) is 1. The Kier molecular flexibility index (Phi) is 6.83. The Labute approximate surface area is 150 Å². The lowest BCUT2D eigenvalue weighted by atomic mass is 9.63. The lowest BCUT2D eigenvalue weighted by molar-refractivity contribution is 0.00578. The molecule has 4 heteroatoms. The van der Waals surface area contributed by atoms with Crippen LogP contribution in [0.1, 0.15) is 92.9 Å². The van der Waals surface area contributed by atoms with Gasteiger partial charge in [-0.3, -0.25) is 0 Å². The van der Waals surface area contributed by atoms with Gasteiger partial charge in [0.1, 0.15) is 0 Å². The Morgan fingerprint density at radius 2 is 1.50 bits per heavy atom. The summed E-state index contributed by atoms with van der Waals surface area (Å²) >= 11 is 0. The highest BCUT2D eigenvalue weighted by Gasteiger charge is 2.54. The van der Waals surface area contributed by atoms with Crippen molar-refractivity contribution in [2.75, 3.05) is 0 Å². The molecule has 2 N–H and O–H groups in total. The summed E-state index contributed by atoms with van der Waals surface area (Å²) in [6, 6.07) is 0.182. The first-order chi connectivity index (χ1) is 11.1. The van der Waals surface area contributed by atoms with E-state index in [0.29, 0.717) is 11.7 Å². The van der Waals surface area contributed by atoms with Crippen molar-refractivity contribution in [1.82, 2.24) is 0 Å². The van der Waals surface area contributed by atoms with Crippen molar-refractivity contribution in [2.24, 2.45) is 17.6 Å². The fourth-order valence-corrected chi connectivity index (χ4v) is 4.12. The van der Waals surface area contributed by atoms with Gasteiger partial charge in [-0.15, -0.1) is 0 Å². The maximum absolute atomic E-state index is 6.73. The summed E-state index contributed by atoms with van der Waals surface area (Å²) < 4.78 is 12.7. The zero-order valence-electron chi connectivity index (χ0n) is 16.9. The molecule has 0 spiro atoms. The zero-order valence-corrected chi connectivity index (χ0v) is 16.9. The maximum atomic E-state index is 6.73. The van der Waals surface area contributed by atoms with Crippen LogP contribution in [-0.2, 0) is 9.31 Å². The molecule has 2 unspecified atom stereocenters. The fraction of sp³-hybridized carbons (Fsp3) is 1.00. The first kappa shape index (κ1) is 20.3. The lowest BCUT2D eigenvalue weighted by Gasteiger charge is -2.32. The van der Waals surface area contributed by atoms with Crippen molar-refractivity contribution in [3.8, 4) is 0 Å². The summed E-state index contributed by atoms with van der Waals surface area (Å²) in [5.74, 6) is 1.80. The van der Waals surface area contributed by atoms with Gasteiger partial charge in [0.25, 0.3) is 0 Å². The van der Waals surface area contributed by atoms with Gasteiger partial charge in [0.15, 0.2) is 0 Å². The third-order valence-electron chi connectivity index (χ3n) is 6.58. The van der Waals surface area contributed by atoms with E-state index in [1.807, 2.05) is 0 Å². The van der Waals surface area contributed by atoms with E-state index in [4.69, 9.17) is 15.0 Å². The number of rotatable bonds is 7. The second-order valence-electron chi connectivity index (χ2n) is 9.66. The summed E-state index contributed by atoms with van der Waals surface area (Å²) in [6.45, 7) is 13.1. The molecule has 2 atom stereocenters. The van der Waals surface area contributed by atoms with E-state index in [2.05, 4.69) is 41.5 Å². The van der Waals surface area contributed by atoms with Crippen LogP contribution in [0.2, 0.25) is 5.82 Å². The normalized spacial score (nSPS) is 26.8. The van der Waals surface area contributed by atoms with E-state index < -0.39 is 0 Å². The minimum absolute atomic E-state index is 0.160. The largest absolute Gasteiger partial charge is 0.462 e. The summed E-state index contributed by atoms with van der Waals surface area (Å²) in [4.78, 5) is 0. The zero-order chi connectivity index (χ0) is 18.0. The molecule has 140 valence electrons. The van der Waals surface area contributed by atoms with Gasteiger partial charge >= 0.3 is 7.12 Å². The van der Waals surface area contributed by atoms with Crippen LogP contribution in [0, 0.1) is 11.8 Å². The van der Waals surface area contributed by atoms with E-state index in [9.17, 15) is 0 Å². The molecule has 1 aliphatic heterocycles. The molecule has 0 aromatic carbocycles. The molecule has 3 nitrogen and oxygen atoms in total. The molecule has 1 saturated carbocycles. The van der Waals surface area contributed by atoms with E-state index in [-0.39, 0.29) is 24.4 Å². The molecule has 0 aromatic heterocycles. The monoisotopic (exact) mass is 337 g/mol. The Balaban J connectivity index is 2.03. The molecule has 2 aliphatic rings. The number of hydrogen-bond acceptors (Lipinski definition) is 3. The van der Waals surface area contributed by atoms with Crippen molar-refractivity contribution in [1.29, 1.82) is 0 Å². The van der Waals surface area contributed by atoms with Crippen molar-refractivity contribution < 1.29 is 9.31 Å². The minimum Gasteiger partial charge on any atom is -0.403 e. The molecule has 0 bridgehead atoms. The second-order valence-corrected chi connectivity index (χ2v) is 9.66. The van der Waals surface area contributed by atoms with Gasteiger partial charge in [-0.1, -0.05) is 58.8 Å². The first-order valence-corrected chi connectivity index (χ1v) is 10.2. The predicted octanol–water partition coefficient (Wildman–Crippen LogP) is 5.18. The van der Waals surface area contributed by atoms with Gasteiger partial charge in [-0.25, -0.2) is 0 Å². The molecule has 1 heterocycles. The van der Waals surface area contributed by atoms with Crippen LogP contribution in [0.25, 0.3) is 0 Å². The van der Waals surface area contributed by atoms with Crippen molar-refractivity contribution in [3.63, 3.8) is 0 Å². The molecular formula is C20H40BNO2. The highest BCUT2D eigenvalue weighted by molar-refractivity contribution is 6.47. The summed E-state index contributed by atoms with van der Waals surface area (Å²) in [7, 11) is -0.160. The topological polar surface area (TPSA) is 44.5 Å². The van der Waals surface area contributed by atoms with Gasteiger partial charge in [0.2, 0.25) is 0 Å². The van der Waals surface area contributed by atoms with E-state index in [1.54, 1.807) is 0 Å². The SMILES string of the molecule is CC(C)CCC(B1OC(C)(C)C(C)(C)O1)C(N)CC1CCCCC1. The highest BCUT2D eigenvalue weighted by atomic mass is 16.7. The number of hydrogen-bond donors (Lipinski definition) is 1. The molecular weight excluding hydrogens is 297 g/mol. The Bertz CT molecular complexity index is 375. The van der Waals surface area contributed by atoms with Gasteiger partial charge in [0.05, 0.1) is 11.2 Å². The van der Waals surface area contributed by atoms with Crippen LogP contribution in [0.5, 0.6) is 0 Å². The summed E-state index contributed by atoms with van der Waals surface area (Å²) in [5.41, 5.74) is 6.20. The Hall–Kier alpha value is -0.0551. The highest BCUT2D eigenvalue weighted by Crippen LogP contribution is 2.43. The van der Waals surface area contributed by atoms with Gasteiger partial charge in [-0.05, 0) is 46.0 Å². The molecule has 1 saturated heterocycles. The molecule has 2 fully saturated rings. The van der Waals surface area contributed by atoms with Crippen LogP contribution in [0.4, 0.5) is 0 Å². The smallest absolute Gasteiger partial charge is 0.403 e. The van der Waals surface area contributed by atoms with Gasteiger partial charge in [-0.2, -0.15) is 0 Å². The molecule has 0 radical (unpaired) electrons. The van der Waals surface area contributed by atoms with E-state index in [1.165, 1.54) is 38.5 Å². The van der Waals surface area contributed by atoms with Gasteiger partial charge < -0.3 is 15.0 Å². The second kappa shape index (κ2) is 8.10. The molecule has 0 amide bonds. The lowest BCUT2D eigenvalue weighted by Crippen LogP contribution is -2.41. The van der Waals surface area contributed by atoms with Gasteiger partial charge in [0, 0.05) is 11.9 Å².